The van der Waals surface area contributed by atoms with Crippen molar-refractivity contribution in [2.45, 2.75) is 6.92 Å². The molecule has 0 bridgehead atoms. The molecular weight excluding hydrogens is 208 g/mol. The second-order valence-electron chi connectivity index (χ2n) is 4.09. The van der Waals surface area contributed by atoms with E-state index in [9.17, 15) is 10.4 Å². The van der Waals surface area contributed by atoms with Crippen LogP contribution in [0, 0.1) is 0 Å². The third kappa shape index (κ3) is 5.74. The molecule has 0 saturated carbocycles. The molecule has 1 fully saturated rings. The fourth-order valence-electron chi connectivity index (χ4n) is 1.71. The van der Waals surface area contributed by atoms with Crippen LogP contribution in [0.25, 0.3) is 0 Å². The van der Waals surface area contributed by atoms with E-state index in [2.05, 4.69) is 17.1 Å². The molecule has 0 spiro atoms. The summed E-state index contributed by atoms with van der Waals surface area (Å²) in [5.41, 5.74) is 0. The normalized spacial score (nSPS) is 24.9. The van der Waals surface area contributed by atoms with Gasteiger partial charge in [0.1, 0.15) is 0 Å². The standard InChI is InChI=1S/C10H24N4O2/c1-2-12-5-3-11-4-6-13(15)9-10-14(16)8-7-12/h11,15-16H,2-10H2,1H3. The fraction of sp³-hybridized carbons (Fsp3) is 1.00. The number of nitrogens with one attached hydrogen (secondary N) is 1. The van der Waals surface area contributed by atoms with Gasteiger partial charge in [-0.1, -0.05) is 6.92 Å². The van der Waals surface area contributed by atoms with Gasteiger partial charge in [0.05, 0.1) is 0 Å². The minimum Gasteiger partial charge on any atom is -0.314 e. The summed E-state index contributed by atoms with van der Waals surface area (Å²) in [5, 5.41) is 24.8. The van der Waals surface area contributed by atoms with Crippen LogP contribution in [-0.4, -0.2) is 84.3 Å². The molecule has 1 aliphatic rings. The topological polar surface area (TPSA) is 62.2 Å². The third-order valence-electron chi connectivity index (χ3n) is 2.89. The molecule has 0 radical (unpaired) electrons. The smallest absolute Gasteiger partial charge is 0.0389 e. The Labute approximate surface area is 97.3 Å². The summed E-state index contributed by atoms with van der Waals surface area (Å²) in [6.07, 6.45) is 0. The zero-order chi connectivity index (χ0) is 11.8. The Kier molecular flexibility index (Phi) is 6.86. The van der Waals surface area contributed by atoms with E-state index < -0.39 is 0 Å². The summed E-state index contributed by atoms with van der Waals surface area (Å²) in [4.78, 5) is 2.30. The summed E-state index contributed by atoms with van der Waals surface area (Å²) >= 11 is 0. The van der Waals surface area contributed by atoms with Crippen molar-refractivity contribution in [1.29, 1.82) is 0 Å². The molecule has 0 amide bonds. The quantitative estimate of drug-likeness (QED) is 0.555. The maximum atomic E-state index is 9.58. The van der Waals surface area contributed by atoms with Gasteiger partial charge in [-0.2, -0.15) is 10.1 Å². The lowest BCUT2D eigenvalue weighted by atomic mass is 10.4. The highest BCUT2D eigenvalue weighted by Gasteiger charge is 2.09. The van der Waals surface area contributed by atoms with Crippen molar-refractivity contribution in [3.05, 3.63) is 0 Å². The number of hydrogen-bond acceptors (Lipinski definition) is 6. The van der Waals surface area contributed by atoms with Crippen molar-refractivity contribution in [3.8, 4) is 0 Å². The van der Waals surface area contributed by atoms with E-state index in [1.807, 2.05) is 0 Å². The van der Waals surface area contributed by atoms with Crippen LogP contribution in [0.15, 0.2) is 0 Å². The van der Waals surface area contributed by atoms with E-state index in [1.165, 1.54) is 10.1 Å². The number of likely N-dealkylation sites (N-methyl/N-ethyl adjacent to an activating group) is 1. The zero-order valence-corrected chi connectivity index (χ0v) is 10.1. The molecule has 1 rings (SSSR count). The van der Waals surface area contributed by atoms with Gasteiger partial charge in [0.2, 0.25) is 0 Å². The molecule has 0 unspecified atom stereocenters. The minimum absolute atomic E-state index is 0.476. The van der Waals surface area contributed by atoms with Crippen LogP contribution in [0.2, 0.25) is 0 Å². The molecule has 0 aromatic rings. The molecule has 1 aliphatic heterocycles. The Balaban J connectivity index is 2.34. The zero-order valence-electron chi connectivity index (χ0n) is 10.1. The van der Waals surface area contributed by atoms with Crippen molar-refractivity contribution in [2.24, 2.45) is 0 Å². The molecule has 0 atom stereocenters. The van der Waals surface area contributed by atoms with Gasteiger partial charge in [0, 0.05) is 52.4 Å². The lowest BCUT2D eigenvalue weighted by Crippen LogP contribution is -2.43. The first-order valence-corrected chi connectivity index (χ1v) is 6.03. The van der Waals surface area contributed by atoms with Crippen molar-refractivity contribution >= 4 is 0 Å². The van der Waals surface area contributed by atoms with Gasteiger partial charge >= 0.3 is 0 Å². The summed E-state index contributed by atoms with van der Waals surface area (Å²) < 4.78 is 0. The number of rotatable bonds is 1. The van der Waals surface area contributed by atoms with Crippen LogP contribution in [0.4, 0.5) is 0 Å². The summed E-state index contributed by atoms with van der Waals surface area (Å²) in [7, 11) is 0. The Morgan fingerprint density at radius 3 is 2.12 bits per heavy atom. The van der Waals surface area contributed by atoms with E-state index in [4.69, 9.17) is 0 Å². The highest BCUT2D eigenvalue weighted by atomic mass is 16.5. The Hall–Kier alpha value is -0.240. The van der Waals surface area contributed by atoms with Gasteiger partial charge in [0.25, 0.3) is 0 Å². The average molecular weight is 232 g/mol. The molecule has 0 aromatic carbocycles. The Morgan fingerprint density at radius 2 is 1.44 bits per heavy atom. The number of nitrogens with zero attached hydrogens (tertiary/aromatic N) is 3. The fourth-order valence-corrected chi connectivity index (χ4v) is 1.71. The van der Waals surface area contributed by atoms with Crippen LogP contribution < -0.4 is 5.32 Å². The van der Waals surface area contributed by atoms with E-state index in [0.29, 0.717) is 26.2 Å². The SMILES string of the molecule is CCN1CCNCCN(O)CCN(O)CC1. The van der Waals surface area contributed by atoms with E-state index >= 15 is 0 Å². The van der Waals surface area contributed by atoms with Gasteiger partial charge < -0.3 is 20.6 Å². The van der Waals surface area contributed by atoms with Crippen molar-refractivity contribution in [1.82, 2.24) is 20.3 Å². The minimum atomic E-state index is 0.476. The van der Waals surface area contributed by atoms with Crippen LogP contribution >= 0.6 is 0 Å². The maximum absolute atomic E-state index is 9.58. The van der Waals surface area contributed by atoms with E-state index in [0.717, 1.165) is 32.7 Å². The summed E-state index contributed by atoms with van der Waals surface area (Å²) in [6.45, 7) is 8.85. The van der Waals surface area contributed by atoms with Crippen LogP contribution in [0.1, 0.15) is 6.92 Å². The monoisotopic (exact) mass is 232 g/mol. The first-order valence-electron chi connectivity index (χ1n) is 6.03. The second-order valence-corrected chi connectivity index (χ2v) is 4.09. The predicted molar refractivity (Wildman–Crippen MR) is 61.7 cm³/mol. The van der Waals surface area contributed by atoms with Crippen molar-refractivity contribution < 1.29 is 10.4 Å². The van der Waals surface area contributed by atoms with Gasteiger partial charge in [-0.25, -0.2) is 0 Å². The third-order valence-corrected chi connectivity index (χ3v) is 2.89. The van der Waals surface area contributed by atoms with Gasteiger partial charge in [-0.15, -0.1) is 0 Å². The molecule has 6 heteroatoms. The molecule has 3 N–H and O–H groups in total. The second kappa shape index (κ2) is 7.94. The molecule has 16 heavy (non-hydrogen) atoms. The van der Waals surface area contributed by atoms with Crippen LogP contribution in [0.5, 0.6) is 0 Å². The Morgan fingerprint density at radius 1 is 0.875 bits per heavy atom. The predicted octanol–water partition coefficient (Wildman–Crippen LogP) is -0.706. The lowest BCUT2D eigenvalue weighted by molar-refractivity contribution is -0.139. The highest BCUT2D eigenvalue weighted by Crippen LogP contribution is 1.92. The average Bonchev–Trinajstić information content (AvgIpc) is 2.28. The first-order chi connectivity index (χ1) is 7.72. The first kappa shape index (κ1) is 13.8. The van der Waals surface area contributed by atoms with Gasteiger partial charge in [0.15, 0.2) is 0 Å². The molecule has 96 valence electrons. The van der Waals surface area contributed by atoms with Crippen molar-refractivity contribution in [2.75, 3.05) is 58.9 Å². The molecule has 0 aromatic heterocycles. The van der Waals surface area contributed by atoms with E-state index in [1.54, 1.807) is 0 Å². The van der Waals surface area contributed by atoms with Gasteiger partial charge in [-0.05, 0) is 6.54 Å². The molecular formula is C10H24N4O2. The lowest BCUT2D eigenvalue weighted by Gasteiger charge is -2.26. The Bertz CT molecular complexity index is 182. The number of hydroxylamine groups is 4. The molecule has 0 aliphatic carbocycles. The van der Waals surface area contributed by atoms with Crippen LogP contribution in [0.3, 0.4) is 0 Å². The highest BCUT2D eigenvalue weighted by molar-refractivity contribution is 4.62. The molecule has 1 saturated heterocycles. The summed E-state index contributed by atoms with van der Waals surface area (Å²) in [6, 6.07) is 0. The molecule has 1 heterocycles. The van der Waals surface area contributed by atoms with Crippen LogP contribution in [-0.2, 0) is 0 Å². The van der Waals surface area contributed by atoms with E-state index in [-0.39, 0.29) is 0 Å². The van der Waals surface area contributed by atoms with Gasteiger partial charge in [-0.3, -0.25) is 0 Å². The summed E-state index contributed by atoms with van der Waals surface area (Å²) in [5.74, 6) is 0. The van der Waals surface area contributed by atoms with Crippen molar-refractivity contribution in [3.63, 3.8) is 0 Å². The largest absolute Gasteiger partial charge is 0.314 e. The molecule has 6 nitrogen and oxygen atoms in total. The number of hydrogen-bond donors (Lipinski definition) is 3. The maximum Gasteiger partial charge on any atom is 0.0389 e.